The summed E-state index contributed by atoms with van der Waals surface area (Å²) in [6.45, 7) is 2.92. The van der Waals surface area contributed by atoms with Gasteiger partial charge in [0.1, 0.15) is 0 Å². The molecule has 1 atom stereocenters. The first-order chi connectivity index (χ1) is 6.70. The topological polar surface area (TPSA) is 49.3 Å². The summed E-state index contributed by atoms with van der Waals surface area (Å²) in [5, 5.41) is 11.7. The molecule has 0 aliphatic rings. The highest BCUT2D eigenvalue weighted by atomic mass is 16.4. The summed E-state index contributed by atoms with van der Waals surface area (Å²) in [7, 11) is 0. The van der Waals surface area contributed by atoms with Gasteiger partial charge in [-0.05, 0) is 5.56 Å². The molecule has 0 saturated carbocycles. The Labute approximate surface area is 83.8 Å². The normalized spacial score (nSPS) is 12.4. The quantitative estimate of drug-likeness (QED) is 0.745. The highest BCUT2D eigenvalue weighted by Crippen LogP contribution is 1.98. The summed E-state index contributed by atoms with van der Waals surface area (Å²) < 4.78 is 0. The monoisotopic (exact) mass is 193 g/mol. The predicted molar refractivity (Wildman–Crippen MR) is 54.9 cm³/mol. The lowest BCUT2D eigenvalue weighted by atomic mass is 10.2. The van der Waals surface area contributed by atoms with Gasteiger partial charge in [0.05, 0.1) is 5.92 Å². The van der Waals surface area contributed by atoms with Crippen LogP contribution < -0.4 is 5.32 Å². The number of aliphatic carboxylic acids is 1. The van der Waals surface area contributed by atoms with Crippen LogP contribution in [0, 0.1) is 5.92 Å². The number of carbonyl (C=O) groups is 1. The fourth-order valence-electron chi connectivity index (χ4n) is 1.12. The van der Waals surface area contributed by atoms with Crippen LogP contribution in [0.1, 0.15) is 12.5 Å². The van der Waals surface area contributed by atoms with Gasteiger partial charge in [0.15, 0.2) is 0 Å². The van der Waals surface area contributed by atoms with E-state index in [1.54, 1.807) is 6.92 Å². The Hall–Kier alpha value is -1.35. The Kier molecular flexibility index (Phi) is 4.13. The number of nitrogens with one attached hydrogen (secondary N) is 1. The van der Waals surface area contributed by atoms with Crippen LogP contribution >= 0.6 is 0 Å². The van der Waals surface area contributed by atoms with Gasteiger partial charge in [-0.25, -0.2) is 0 Å². The van der Waals surface area contributed by atoms with Crippen LogP contribution in [0.15, 0.2) is 30.3 Å². The minimum absolute atomic E-state index is 0.335. The van der Waals surface area contributed by atoms with Crippen molar-refractivity contribution in [3.63, 3.8) is 0 Å². The Morgan fingerprint density at radius 3 is 2.64 bits per heavy atom. The molecule has 76 valence electrons. The molecule has 0 aliphatic carbocycles. The lowest BCUT2D eigenvalue weighted by Crippen LogP contribution is -2.25. The van der Waals surface area contributed by atoms with E-state index in [1.165, 1.54) is 5.56 Å². The number of hydrogen-bond acceptors (Lipinski definition) is 2. The molecule has 0 radical (unpaired) electrons. The first-order valence-electron chi connectivity index (χ1n) is 4.67. The lowest BCUT2D eigenvalue weighted by molar-refractivity contribution is -0.140. The van der Waals surface area contributed by atoms with Crippen molar-refractivity contribution in [1.82, 2.24) is 5.32 Å². The summed E-state index contributed by atoms with van der Waals surface area (Å²) >= 11 is 0. The summed E-state index contributed by atoms with van der Waals surface area (Å²) in [6, 6.07) is 9.93. The van der Waals surface area contributed by atoms with E-state index in [2.05, 4.69) is 5.32 Å². The third kappa shape index (κ3) is 3.58. The van der Waals surface area contributed by atoms with E-state index in [-0.39, 0.29) is 5.92 Å². The van der Waals surface area contributed by atoms with Gasteiger partial charge >= 0.3 is 5.97 Å². The molecule has 0 aromatic heterocycles. The van der Waals surface area contributed by atoms with Gasteiger partial charge < -0.3 is 10.4 Å². The standard InChI is InChI=1S/C11H15NO2/c1-9(11(13)14)7-12-8-10-5-3-2-4-6-10/h2-6,9,12H,7-8H2,1H3,(H,13,14)/t9-/m1/s1. The van der Waals surface area contributed by atoms with Crippen molar-refractivity contribution in [1.29, 1.82) is 0 Å². The maximum atomic E-state index is 10.5. The van der Waals surface area contributed by atoms with Gasteiger partial charge in [0, 0.05) is 13.1 Å². The molecule has 14 heavy (non-hydrogen) atoms. The minimum Gasteiger partial charge on any atom is -0.481 e. The Morgan fingerprint density at radius 1 is 1.43 bits per heavy atom. The fraction of sp³-hybridized carbons (Fsp3) is 0.364. The van der Waals surface area contributed by atoms with Crippen LogP contribution in [0.25, 0.3) is 0 Å². The molecule has 2 N–H and O–H groups in total. The van der Waals surface area contributed by atoms with E-state index in [9.17, 15) is 4.79 Å². The first kappa shape index (κ1) is 10.7. The van der Waals surface area contributed by atoms with E-state index in [1.807, 2.05) is 30.3 Å². The van der Waals surface area contributed by atoms with Crippen molar-refractivity contribution in [3.05, 3.63) is 35.9 Å². The second kappa shape index (κ2) is 5.40. The number of hydrogen-bond donors (Lipinski definition) is 2. The molecule has 1 aromatic rings. The predicted octanol–water partition coefficient (Wildman–Crippen LogP) is 1.50. The second-order valence-corrected chi connectivity index (χ2v) is 3.36. The SMILES string of the molecule is C[C@H](CNCc1ccccc1)C(=O)O. The molecule has 1 rings (SSSR count). The van der Waals surface area contributed by atoms with Gasteiger partial charge in [0.25, 0.3) is 0 Å². The van der Waals surface area contributed by atoms with E-state index in [4.69, 9.17) is 5.11 Å². The van der Waals surface area contributed by atoms with E-state index >= 15 is 0 Å². The van der Waals surface area contributed by atoms with Gasteiger partial charge in [-0.2, -0.15) is 0 Å². The van der Waals surface area contributed by atoms with Crippen molar-refractivity contribution in [2.45, 2.75) is 13.5 Å². The number of carboxylic acids is 1. The Morgan fingerprint density at radius 2 is 2.07 bits per heavy atom. The zero-order valence-electron chi connectivity index (χ0n) is 8.23. The third-order valence-corrected chi connectivity index (χ3v) is 2.04. The molecule has 0 saturated heterocycles. The van der Waals surface area contributed by atoms with Crippen molar-refractivity contribution in [3.8, 4) is 0 Å². The molecule has 0 fully saturated rings. The molecule has 3 heteroatoms. The maximum Gasteiger partial charge on any atom is 0.307 e. The minimum atomic E-state index is -0.759. The third-order valence-electron chi connectivity index (χ3n) is 2.04. The van der Waals surface area contributed by atoms with Crippen molar-refractivity contribution < 1.29 is 9.90 Å². The van der Waals surface area contributed by atoms with E-state index < -0.39 is 5.97 Å². The molecule has 0 unspecified atom stereocenters. The van der Waals surface area contributed by atoms with E-state index in [0.717, 1.165) is 6.54 Å². The lowest BCUT2D eigenvalue weighted by Gasteiger charge is -2.07. The Balaban J connectivity index is 2.26. The van der Waals surface area contributed by atoms with Gasteiger partial charge in [0.2, 0.25) is 0 Å². The molecule has 0 bridgehead atoms. The molecular weight excluding hydrogens is 178 g/mol. The summed E-state index contributed by atoms with van der Waals surface area (Å²) in [4.78, 5) is 10.5. The van der Waals surface area contributed by atoms with Crippen LogP contribution in [-0.4, -0.2) is 17.6 Å². The van der Waals surface area contributed by atoms with Crippen molar-refractivity contribution in [2.75, 3.05) is 6.54 Å². The maximum absolute atomic E-state index is 10.5. The average Bonchev–Trinajstić information content (AvgIpc) is 2.19. The molecular formula is C11H15NO2. The molecule has 0 aliphatic heterocycles. The van der Waals surface area contributed by atoms with Crippen LogP contribution in [0.2, 0.25) is 0 Å². The molecule has 3 nitrogen and oxygen atoms in total. The van der Waals surface area contributed by atoms with Gasteiger partial charge in [-0.1, -0.05) is 37.3 Å². The average molecular weight is 193 g/mol. The second-order valence-electron chi connectivity index (χ2n) is 3.36. The highest BCUT2D eigenvalue weighted by Gasteiger charge is 2.08. The van der Waals surface area contributed by atoms with Crippen molar-refractivity contribution >= 4 is 5.97 Å². The van der Waals surface area contributed by atoms with Crippen LogP contribution in [-0.2, 0) is 11.3 Å². The van der Waals surface area contributed by atoms with E-state index in [0.29, 0.717) is 6.54 Å². The molecule has 0 spiro atoms. The first-order valence-corrected chi connectivity index (χ1v) is 4.67. The summed E-state index contributed by atoms with van der Waals surface area (Å²) in [6.07, 6.45) is 0. The summed E-state index contributed by atoms with van der Waals surface area (Å²) in [5.74, 6) is -1.09. The van der Waals surface area contributed by atoms with Crippen LogP contribution in [0.5, 0.6) is 0 Å². The largest absolute Gasteiger partial charge is 0.481 e. The number of carboxylic acid groups (broad SMARTS) is 1. The molecule has 0 amide bonds. The fourth-order valence-corrected chi connectivity index (χ4v) is 1.12. The van der Waals surface area contributed by atoms with Gasteiger partial charge in [-0.3, -0.25) is 4.79 Å². The Bertz CT molecular complexity index is 285. The van der Waals surface area contributed by atoms with Gasteiger partial charge in [-0.15, -0.1) is 0 Å². The summed E-state index contributed by atoms with van der Waals surface area (Å²) in [5.41, 5.74) is 1.17. The highest BCUT2D eigenvalue weighted by molar-refractivity contribution is 5.69. The zero-order valence-corrected chi connectivity index (χ0v) is 8.23. The van der Waals surface area contributed by atoms with Crippen molar-refractivity contribution in [2.24, 2.45) is 5.92 Å². The smallest absolute Gasteiger partial charge is 0.307 e. The zero-order chi connectivity index (χ0) is 10.4. The number of benzene rings is 1. The van der Waals surface area contributed by atoms with Crippen LogP contribution in [0.4, 0.5) is 0 Å². The molecule has 1 aromatic carbocycles. The van der Waals surface area contributed by atoms with Crippen LogP contribution in [0.3, 0.4) is 0 Å². The number of rotatable bonds is 5. The molecule has 0 heterocycles.